The maximum absolute atomic E-state index is 12.2. The van der Waals surface area contributed by atoms with Crippen LogP contribution in [0.4, 0.5) is 0 Å². The van der Waals surface area contributed by atoms with E-state index in [1.165, 1.54) is 18.3 Å². The standard InChI is InChI=1S/C21H13NO4/c23-20-12-18(14-5-2-1-3-6-14)17-9-8-16(11-19(17)26-20)25-21(24)15-7-4-10-22-13-15/h1-13H. The summed E-state index contributed by atoms with van der Waals surface area (Å²) in [6.45, 7) is 0. The maximum atomic E-state index is 12.2. The Balaban J connectivity index is 1.74. The number of esters is 1. The molecule has 0 unspecified atom stereocenters. The van der Waals surface area contributed by atoms with Gasteiger partial charge in [-0.15, -0.1) is 0 Å². The second-order valence-electron chi connectivity index (χ2n) is 5.63. The molecule has 4 rings (SSSR count). The lowest BCUT2D eigenvalue weighted by molar-refractivity contribution is 0.0734. The number of hydrogen-bond donors (Lipinski definition) is 0. The van der Waals surface area contributed by atoms with Crippen molar-refractivity contribution in [3.05, 3.63) is 95.1 Å². The van der Waals surface area contributed by atoms with Gasteiger partial charge in [0, 0.05) is 29.9 Å². The van der Waals surface area contributed by atoms with E-state index in [2.05, 4.69) is 4.98 Å². The minimum absolute atomic E-state index is 0.291. The average Bonchev–Trinajstić information content (AvgIpc) is 2.68. The molecule has 0 N–H and O–H groups in total. The molecule has 0 atom stereocenters. The SMILES string of the molecule is O=C(Oc1ccc2c(-c3ccccc3)cc(=O)oc2c1)c1cccnc1. The van der Waals surface area contributed by atoms with Crippen molar-refractivity contribution in [3.63, 3.8) is 0 Å². The van der Waals surface area contributed by atoms with E-state index in [1.54, 1.807) is 30.5 Å². The summed E-state index contributed by atoms with van der Waals surface area (Å²) in [6, 6.07) is 19.3. The fourth-order valence-electron chi connectivity index (χ4n) is 2.71. The molecule has 126 valence electrons. The number of fused-ring (bicyclic) bond motifs is 1. The van der Waals surface area contributed by atoms with Crippen molar-refractivity contribution in [3.8, 4) is 16.9 Å². The molecule has 0 aliphatic carbocycles. The van der Waals surface area contributed by atoms with Crippen molar-refractivity contribution in [2.75, 3.05) is 0 Å². The van der Waals surface area contributed by atoms with E-state index < -0.39 is 11.6 Å². The lowest BCUT2D eigenvalue weighted by Gasteiger charge is -2.08. The second-order valence-corrected chi connectivity index (χ2v) is 5.63. The topological polar surface area (TPSA) is 69.4 Å². The van der Waals surface area contributed by atoms with Crippen molar-refractivity contribution in [1.82, 2.24) is 4.98 Å². The zero-order chi connectivity index (χ0) is 17.9. The number of carbonyl (C=O) groups is 1. The molecular weight excluding hydrogens is 330 g/mol. The highest BCUT2D eigenvalue weighted by atomic mass is 16.5. The third-order valence-electron chi connectivity index (χ3n) is 3.91. The first kappa shape index (κ1) is 15.8. The summed E-state index contributed by atoms with van der Waals surface area (Å²) in [5, 5.41) is 0.761. The molecule has 0 amide bonds. The molecule has 4 aromatic rings. The monoisotopic (exact) mass is 343 g/mol. The lowest BCUT2D eigenvalue weighted by atomic mass is 10.0. The van der Waals surface area contributed by atoms with Gasteiger partial charge in [-0.25, -0.2) is 9.59 Å². The van der Waals surface area contributed by atoms with Gasteiger partial charge < -0.3 is 9.15 Å². The van der Waals surface area contributed by atoms with Crippen LogP contribution in [0.25, 0.3) is 22.1 Å². The minimum atomic E-state index is -0.529. The number of nitrogens with zero attached hydrogens (tertiary/aromatic N) is 1. The molecule has 5 nitrogen and oxygen atoms in total. The maximum Gasteiger partial charge on any atom is 0.345 e. The lowest BCUT2D eigenvalue weighted by Crippen LogP contribution is -2.08. The summed E-state index contributed by atoms with van der Waals surface area (Å²) < 4.78 is 10.6. The number of benzene rings is 2. The van der Waals surface area contributed by atoms with E-state index in [-0.39, 0.29) is 0 Å². The average molecular weight is 343 g/mol. The van der Waals surface area contributed by atoms with Crippen LogP contribution in [-0.4, -0.2) is 11.0 Å². The smallest absolute Gasteiger partial charge is 0.345 e. The van der Waals surface area contributed by atoms with Gasteiger partial charge in [0.15, 0.2) is 0 Å². The summed E-state index contributed by atoms with van der Waals surface area (Å²) in [5.74, 6) is -0.237. The van der Waals surface area contributed by atoms with E-state index in [4.69, 9.17) is 9.15 Å². The first-order valence-corrected chi connectivity index (χ1v) is 7.96. The number of carbonyl (C=O) groups excluding carboxylic acids is 1. The van der Waals surface area contributed by atoms with Crippen LogP contribution in [0.1, 0.15) is 10.4 Å². The first-order chi connectivity index (χ1) is 12.7. The molecule has 0 spiro atoms. The molecule has 26 heavy (non-hydrogen) atoms. The largest absolute Gasteiger partial charge is 0.423 e. The molecule has 5 heteroatoms. The van der Waals surface area contributed by atoms with Crippen molar-refractivity contribution in [1.29, 1.82) is 0 Å². The van der Waals surface area contributed by atoms with Crippen LogP contribution in [0, 0.1) is 0 Å². The third-order valence-corrected chi connectivity index (χ3v) is 3.91. The Kier molecular flexibility index (Phi) is 4.03. The Bertz CT molecular complexity index is 1130. The number of aromatic nitrogens is 1. The highest BCUT2D eigenvalue weighted by molar-refractivity contribution is 5.95. The zero-order valence-electron chi connectivity index (χ0n) is 13.6. The first-order valence-electron chi connectivity index (χ1n) is 7.96. The van der Waals surface area contributed by atoms with Gasteiger partial charge in [-0.05, 0) is 35.4 Å². The van der Waals surface area contributed by atoms with Gasteiger partial charge in [-0.1, -0.05) is 30.3 Å². The molecule has 0 radical (unpaired) electrons. The van der Waals surface area contributed by atoms with E-state index in [0.717, 1.165) is 16.5 Å². The Morgan fingerprint density at radius 2 is 1.81 bits per heavy atom. The predicted molar refractivity (Wildman–Crippen MR) is 97.1 cm³/mol. The molecule has 0 bridgehead atoms. The molecular formula is C21H13NO4. The quantitative estimate of drug-likeness (QED) is 0.318. The van der Waals surface area contributed by atoms with Crippen molar-refractivity contribution in [2.45, 2.75) is 0 Å². The fraction of sp³-hybridized carbons (Fsp3) is 0. The minimum Gasteiger partial charge on any atom is -0.423 e. The van der Waals surface area contributed by atoms with Gasteiger partial charge in [-0.3, -0.25) is 4.98 Å². The second kappa shape index (κ2) is 6.64. The van der Waals surface area contributed by atoms with Gasteiger partial charge >= 0.3 is 11.6 Å². The van der Waals surface area contributed by atoms with Gasteiger partial charge in [0.1, 0.15) is 11.3 Å². The third kappa shape index (κ3) is 3.10. The van der Waals surface area contributed by atoms with Crippen LogP contribution < -0.4 is 10.4 Å². The molecule has 0 aliphatic heterocycles. The predicted octanol–water partition coefficient (Wildman–Crippen LogP) is 4.07. The molecule has 0 fully saturated rings. The van der Waals surface area contributed by atoms with Crippen LogP contribution in [-0.2, 0) is 0 Å². The van der Waals surface area contributed by atoms with E-state index in [1.807, 2.05) is 30.3 Å². The van der Waals surface area contributed by atoms with Crippen molar-refractivity contribution < 1.29 is 13.9 Å². The molecule has 2 aromatic heterocycles. The number of hydrogen-bond acceptors (Lipinski definition) is 5. The van der Waals surface area contributed by atoms with Gasteiger partial charge in [-0.2, -0.15) is 0 Å². The van der Waals surface area contributed by atoms with Crippen molar-refractivity contribution in [2.24, 2.45) is 0 Å². The van der Waals surface area contributed by atoms with Crippen LogP contribution >= 0.6 is 0 Å². The fourth-order valence-corrected chi connectivity index (χ4v) is 2.71. The van der Waals surface area contributed by atoms with Crippen molar-refractivity contribution >= 4 is 16.9 Å². The Morgan fingerprint density at radius 1 is 0.962 bits per heavy atom. The zero-order valence-corrected chi connectivity index (χ0v) is 13.6. The summed E-state index contributed by atoms with van der Waals surface area (Å²) >= 11 is 0. The summed E-state index contributed by atoms with van der Waals surface area (Å²) in [4.78, 5) is 28.0. The number of ether oxygens (including phenoxy) is 1. The molecule has 2 heterocycles. The Hall–Kier alpha value is -3.73. The summed E-state index contributed by atoms with van der Waals surface area (Å²) in [5.41, 5.74) is 1.90. The van der Waals surface area contributed by atoms with Crippen LogP contribution in [0.2, 0.25) is 0 Å². The Morgan fingerprint density at radius 3 is 2.58 bits per heavy atom. The van der Waals surface area contributed by atoms with Crippen LogP contribution in [0.5, 0.6) is 5.75 Å². The summed E-state index contributed by atoms with van der Waals surface area (Å²) in [6.07, 6.45) is 3.00. The highest BCUT2D eigenvalue weighted by Crippen LogP contribution is 2.29. The van der Waals surface area contributed by atoms with Crippen LogP contribution in [0.3, 0.4) is 0 Å². The van der Waals surface area contributed by atoms with Gasteiger partial charge in [0.25, 0.3) is 0 Å². The molecule has 2 aromatic carbocycles. The van der Waals surface area contributed by atoms with Crippen LogP contribution in [0.15, 0.2) is 88.3 Å². The van der Waals surface area contributed by atoms with E-state index in [0.29, 0.717) is 16.9 Å². The van der Waals surface area contributed by atoms with E-state index in [9.17, 15) is 9.59 Å². The molecule has 0 saturated carbocycles. The summed E-state index contributed by atoms with van der Waals surface area (Å²) in [7, 11) is 0. The Labute approximate surface area is 148 Å². The number of rotatable bonds is 3. The van der Waals surface area contributed by atoms with Gasteiger partial charge in [0.2, 0.25) is 0 Å². The normalized spacial score (nSPS) is 10.6. The number of pyridine rings is 1. The van der Waals surface area contributed by atoms with E-state index >= 15 is 0 Å². The molecule has 0 saturated heterocycles. The highest BCUT2D eigenvalue weighted by Gasteiger charge is 2.12. The van der Waals surface area contributed by atoms with Gasteiger partial charge in [0.05, 0.1) is 5.56 Å². The molecule has 0 aliphatic rings.